The summed E-state index contributed by atoms with van der Waals surface area (Å²) in [5, 5.41) is 0.477. The van der Waals surface area contributed by atoms with Gasteiger partial charge in [0, 0.05) is 20.0 Å². The summed E-state index contributed by atoms with van der Waals surface area (Å²) in [4.78, 5) is 36.6. The molecule has 2 atom stereocenters. The Morgan fingerprint density at radius 2 is 1.93 bits per heavy atom. The lowest BCUT2D eigenvalue weighted by Crippen LogP contribution is -2.39. The van der Waals surface area contributed by atoms with Crippen molar-refractivity contribution in [3.05, 3.63) is 45.1 Å². The van der Waals surface area contributed by atoms with Crippen LogP contribution in [0.25, 0.3) is 10.9 Å². The Kier molecular flexibility index (Phi) is 7.29. The van der Waals surface area contributed by atoms with Crippen molar-refractivity contribution in [1.82, 2.24) is 9.13 Å². The molecule has 8 heteroatoms. The Bertz CT molecular complexity index is 906. The topological polar surface area (TPSA) is 96.3 Å². The molecule has 0 saturated carbocycles. The zero-order chi connectivity index (χ0) is 20.0. The maximum Gasteiger partial charge on any atom is 0.331 e. The number of nitrogens with zero attached hydrogens (tertiary/aromatic N) is 2. The fraction of sp³-hybridized carbons (Fsp3) is 0.526. The highest BCUT2D eigenvalue weighted by molar-refractivity contribution is 5.77. The highest BCUT2D eigenvalue weighted by atomic mass is 19.1. The molecule has 0 amide bonds. The Morgan fingerprint density at radius 3 is 2.63 bits per heavy atom. The number of benzene rings is 1. The van der Waals surface area contributed by atoms with Crippen LogP contribution >= 0.6 is 0 Å². The molecule has 7 nitrogen and oxygen atoms in total. The number of carbonyl (C=O) groups is 1. The molecule has 2 unspecified atom stereocenters. The first-order valence-corrected chi connectivity index (χ1v) is 9.15. The van der Waals surface area contributed by atoms with Crippen molar-refractivity contribution in [1.29, 1.82) is 0 Å². The van der Waals surface area contributed by atoms with Crippen LogP contribution in [0.4, 0.5) is 4.39 Å². The van der Waals surface area contributed by atoms with E-state index in [1.54, 1.807) is 38.2 Å². The van der Waals surface area contributed by atoms with Gasteiger partial charge in [0.25, 0.3) is 5.56 Å². The van der Waals surface area contributed by atoms with Crippen LogP contribution in [-0.2, 0) is 23.1 Å². The van der Waals surface area contributed by atoms with E-state index in [2.05, 4.69) is 4.74 Å². The number of carbonyl (C=O) groups excluding carboxylic acids is 1. The normalized spacial score (nSPS) is 13.5. The molecule has 0 aliphatic rings. The van der Waals surface area contributed by atoms with Crippen LogP contribution in [-0.4, -0.2) is 27.5 Å². The minimum atomic E-state index is -1.63. The second-order valence-electron chi connectivity index (χ2n) is 6.55. The molecule has 1 heterocycles. The van der Waals surface area contributed by atoms with Gasteiger partial charge in [-0.15, -0.1) is 0 Å². The average Bonchev–Trinajstić information content (AvgIpc) is 2.65. The molecule has 0 aliphatic carbocycles. The van der Waals surface area contributed by atoms with Crippen LogP contribution in [0.1, 0.15) is 39.0 Å². The second-order valence-corrected chi connectivity index (χ2v) is 6.55. The number of hydrogen-bond donors (Lipinski definition) is 1. The number of para-hydroxylation sites is 1. The predicted octanol–water partition coefficient (Wildman–Crippen LogP) is 1.84. The van der Waals surface area contributed by atoms with Gasteiger partial charge in [-0.05, 0) is 37.8 Å². The Balaban J connectivity index is 1.95. The van der Waals surface area contributed by atoms with Gasteiger partial charge in [-0.25, -0.2) is 9.18 Å². The highest BCUT2D eigenvalue weighted by Crippen LogP contribution is 2.09. The van der Waals surface area contributed by atoms with Crippen molar-refractivity contribution >= 4 is 16.9 Å². The number of unbranched alkanes of at least 4 members (excludes halogenated alkanes) is 1. The maximum atomic E-state index is 13.3. The van der Waals surface area contributed by atoms with Crippen molar-refractivity contribution in [2.75, 3.05) is 0 Å². The molecule has 0 spiro atoms. The molecule has 0 radical (unpaired) electrons. The van der Waals surface area contributed by atoms with Crippen LogP contribution in [0.5, 0.6) is 0 Å². The quantitative estimate of drug-likeness (QED) is 0.530. The molecule has 0 bridgehead atoms. The molecule has 2 N–H and O–H groups in total. The van der Waals surface area contributed by atoms with Crippen LogP contribution in [0.15, 0.2) is 33.9 Å². The molecule has 2 rings (SSSR count). The van der Waals surface area contributed by atoms with Gasteiger partial charge in [0.05, 0.1) is 10.9 Å². The molecule has 148 valence electrons. The van der Waals surface area contributed by atoms with E-state index in [9.17, 15) is 18.8 Å². The number of aromatic nitrogens is 2. The Labute approximate surface area is 156 Å². The average molecular weight is 379 g/mol. The SMILES string of the molecule is CCCC(F)OC(=O)C(N)CCCCn1c(=O)c2ccccc2n(C)c1=O. The fourth-order valence-electron chi connectivity index (χ4n) is 2.91. The summed E-state index contributed by atoms with van der Waals surface area (Å²) < 4.78 is 20.6. The monoisotopic (exact) mass is 379 g/mol. The van der Waals surface area contributed by atoms with Crippen LogP contribution in [0.2, 0.25) is 0 Å². The van der Waals surface area contributed by atoms with Gasteiger partial charge in [-0.3, -0.25) is 18.7 Å². The minimum Gasteiger partial charge on any atom is -0.430 e. The molecule has 1 aromatic heterocycles. The van der Waals surface area contributed by atoms with Gasteiger partial charge in [-0.2, -0.15) is 0 Å². The second kappa shape index (κ2) is 9.45. The number of esters is 1. The van der Waals surface area contributed by atoms with E-state index in [1.165, 1.54) is 9.13 Å². The highest BCUT2D eigenvalue weighted by Gasteiger charge is 2.19. The molecule has 27 heavy (non-hydrogen) atoms. The van der Waals surface area contributed by atoms with E-state index in [1.807, 2.05) is 0 Å². The summed E-state index contributed by atoms with van der Waals surface area (Å²) >= 11 is 0. The Morgan fingerprint density at radius 1 is 1.22 bits per heavy atom. The Hall–Kier alpha value is -2.48. The first-order valence-electron chi connectivity index (χ1n) is 9.15. The van der Waals surface area contributed by atoms with Gasteiger partial charge in [0.1, 0.15) is 6.04 Å². The number of nitrogens with two attached hydrogens (primary N) is 1. The van der Waals surface area contributed by atoms with Gasteiger partial charge in [-0.1, -0.05) is 19.1 Å². The van der Waals surface area contributed by atoms with Crippen molar-refractivity contribution in [3.8, 4) is 0 Å². The number of halogens is 1. The van der Waals surface area contributed by atoms with Crippen LogP contribution in [0.3, 0.4) is 0 Å². The molecule has 0 aliphatic heterocycles. The molecule has 0 saturated heterocycles. The largest absolute Gasteiger partial charge is 0.430 e. The minimum absolute atomic E-state index is 0.145. The van der Waals surface area contributed by atoms with Gasteiger partial charge >= 0.3 is 11.7 Å². The standard InChI is InChI=1S/C19H26FN3O4/c1-3-8-16(20)27-18(25)14(21)10-6-7-12-23-17(24)13-9-4-5-11-15(13)22(2)19(23)26/h4-5,9,11,14,16H,3,6-8,10,12,21H2,1-2H3. The van der Waals surface area contributed by atoms with E-state index >= 15 is 0 Å². The number of rotatable bonds is 9. The van der Waals surface area contributed by atoms with E-state index in [0.29, 0.717) is 36.6 Å². The summed E-state index contributed by atoms with van der Waals surface area (Å²) in [5.41, 5.74) is 5.59. The van der Waals surface area contributed by atoms with E-state index in [4.69, 9.17) is 5.73 Å². The predicted molar refractivity (Wildman–Crippen MR) is 101 cm³/mol. The lowest BCUT2D eigenvalue weighted by atomic mass is 10.1. The van der Waals surface area contributed by atoms with Gasteiger partial charge in [0.2, 0.25) is 6.36 Å². The molecular weight excluding hydrogens is 353 g/mol. The van der Waals surface area contributed by atoms with Crippen molar-refractivity contribution < 1.29 is 13.9 Å². The van der Waals surface area contributed by atoms with Crippen molar-refractivity contribution in [2.24, 2.45) is 12.8 Å². The molecule has 0 fully saturated rings. The summed E-state index contributed by atoms with van der Waals surface area (Å²) in [6.07, 6.45) is 0.366. The van der Waals surface area contributed by atoms with E-state index in [-0.39, 0.29) is 24.2 Å². The lowest BCUT2D eigenvalue weighted by Gasteiger charge is -2.14. The van der Waals surface area contributed by atoms with Gasteiger partial charge in [0.15, 0.2) is 0 Å². The van der Waals surface area contributed by atoms with Crippen molar-refractivity contribution in [3.63, 3.8) is 0 Å². The number of hydrogen-bond acceptors (Lipinski definition) is 5. The molecule has 1 aromatic carbocycles. The third-order valence-electron chi connectivity index (χ3n) is 4.47. The third kappa shape index (κ3) is 5.03. The van der Waals surface area contributed by atoms with Crippen molar-refractivity contribution in [2.45, 2.75) is 58.0 Å². The van der Waals surface area contributed by atoms with Crippen LogP contribution < -0.4 is 17.0 Å². The summed E-state index contributed by atoms with van der Waals surface area (Å²) in [5.74, 6) is -0.769. The maximum absolute atomic E-state index is 13.3. The smallest absolute Gasteiger partial charge is 0.331 e. The number of ether oxygens (including phenoxy) is 1. The first kappa shape index (κ1) is 20.8. The number of alkyl halides is 1. The van der Waals surface area contributed by atoms with E-state index in [0.717, 1.165) is 0 Å². The first-order chi connectivity index (χ1) is 12.9. The summed E-state index contributed by atoms with van der Waals surface area (Å²) in [6.45, 7) is 2.01. The zero-order valence-corrected chi connectivity index (χ0v) is 15.7. The zero-order valence-electron chi connectivity index (χ0n) is 15.7. The van der Waals surface area contributed by atoms with E-state index < -0.39 is 18.4 Å². The number of aryl methyl sites for hydroxylation is 1. The van der Waals surface area contributed by atoms with Gasteiger partial charge < -0.3 is 10.5 Å². The molecule has 2 aromatic rings. The summed E-state index contributed by atoms with van der Waals surface area (Å²) in [7, 11) is 1.62. The number of fused-ring (bicyclic) bond motifs is 1. The van der Waals surface area contributed by atoms with Crippen LogP contribution in [0, 0.1) is 0 Å². The lowest BCUT2D eigenvalue weighted by molar-refractivity contribution is -0.160. The summed E-state index contributed by atoms with van der Waals surface area (Å²) in [6, 6.07) is 6.01. The fourth-order valence-corrected chi connectivity index (χ4v) is 2.91. The third-order valence-corrected chi connectivity index (χ3v) is 4.47. The molecular formula is C19H26FN3O4.